The molecule has 0 bridgehead atoms. The van der Waals surface area contributed by atoms with E-state index in [1.54, 1.807) is 35.5 Å². The second-order valence-corrected chi connectivity index (χ2v) is 9.11. The Kier molecular flexibility index (Phi) is 6.25. The molecule has 6 heteroatoms. The number of hydrogen-bond acceptors (Lipinski definition) is 4. The summed E-state index contributed by atoms with van der Waals surface area (Å²) in [6.07, 6.45) is 5.29. The highest BCUT2D eigenvalue weighted by molar-refractivity contribution is 7.16. The number of ether oxygens (including phenoxy) is 1. The summed E-state index contributed by atoms with van der Waals surface area (Å²) in [5.41, 5.74) is 3.73. The predicted molar refractivity (Wildman–Crippen MR) is 120 cm³/mol. The Hall–Kier alpha value is -2.57. The fourth-order valence-electron chi connectivity index (χ4n) is 4.35. The number of quaternary nitrogens is 1. The molecule has 3 aromatic rings. The van der Waals surface area contributed by atoms with Crippen LogP contribution in [0, 0.1) is 13.8 Å². The number of likely N-dealkylation sites (tertiary alicyclic amines) is 1. The van der Waals surface area contributed by atoms with Crippen LogP contribution in [0.25, 0.3) is 0 Å². The molecule has 0 spiro atoms. The Morgan fingerprint density at radius 2 is 1.87 bits per heavy atom. The molecule has 0 radical (unpaired) electrons. The van der Waals surface area contributed by atoms with Gasteiger partial charge in [-0.25, -0.2) is 0 Å². The molecule has 5 nitrogen and oxygen atoms in total. The van der Waals surface area contributed by atoms with E-state index in [-0.39, 0.29) is 11.9 Å². The summed E-state index contributed by atoms with van der Waals surface area (Å²) in [7, 11) is 1.69. The standard InChI is InChI=1S/C24H28N2O3S/c1-16-17(2)30-24(25-23(27)20-8-7-15-29-20)21(16)22(26-13-5-4-6-14-26)18-9-11-19(28-3)12-10-18/h7-12,15,22H,4-6,13-14H2,1-3H3,(H,25,27)/p+1. The molecule has 1 unspecified atom stereocenters. The van der Waals surface area contributed by atoms with Gasteiger partial charge >= 0.3 is 0 Å². The number of hydrogen-bond donors (Lipinski definition) is 2. The van der Waals surface area contributed by atoms with Crippen LogP contribution in [0.2, 0.25) is 0 Å². The maximum absolute atomic E-state index is 12.7. The molecule has 0 saturated carbocycles. The van der Waals surface area contributed by atoms with E-state index >= 15 is 0 Å². The molecule has 1 amide bonds. The molecule has 1 aliphatic heterocycles. The minimum atomic E-state index is -0.204. The second-order valence-electron chi connectivity index (χ2n) is 7.88. The lowest BCUT2D eigenvalue weighted by atomic mass is 9.93. The first-order valence-electron chi connectivity index (χ1n) is 10.5. The number of furan rings is 1. The second kappa shape index (κ2) is 9.06. The van der Waals surface area contributed by atoms with Gasteiger partial charge in [0.2, 0.25) is 0 Å². The molecule has 1 atom stereocenters. The Balaban J connectivity index is 1.76. The van der Waals surface area contributed by atoms with Crippen molar-refractivity contribution in [2.24, 2.45) is 0 Å². The summed E-state index contributed by atoms with van der Waals surface area (Å²) in [5.74, 6) is 0.983. The molecule has 158 valence electrons. The first-order chi connectivity index (χ1) is 14.6. The quantitative estimate of drug-likeness (QED) is 0.616. The number of benzene rings is 1. The molecule has 3 heterocycles. The minimum Gasteiger partial charge on any atom is -0.497 e. The summed E-state index contributed by atoms with van der Waals surface area (Å²) in [6, 6.07) is 12.0. The zero-order valence-electron chi connectivity index (χ0n) is 17.8. The molecule has 2 N–H and O–H groups in total. The molecule has 4 rings (SSSR count). The fourth-order valence-corrected chi connectivity index (χ4v) is 5.45. The molecule has 1 fully saturated rings. The highest BCUT2D eigenvalue weighted by Gasteiger charge is 2.33. The number of aryl methyl sites for hydroxylation is 1. The lowest BCUT2D eigenvalue weighted by Gasteiger charge is -2.33. The first-order valence-corrected chi connectivity index (χ1v) is 11.3. The van der Waals surface area contributed by atoms with E-state index in [1.807, 2.05) is 12.1 Å². The third-order valence-corrected chi connectivity index (χ3v) is 7.18. The largest absolute Gasteiger partial charge is 0.497 e. The van der Waals surface area contributed by atoms with Crippen molar-refractivity contribution in [3.63, 3.8) is 0 Å². The average Bonchev–Trinajstić information content (AvgIpc) is 3.40. The van der Waals surface area contributed by atoms with E-state index in [9.17, 15) is 4.79 Å². The molecule has 30 heavy (non-hydrogen) atoms. The van der Waals surface area contributed by atoms with Crippen LogP contribution in [0.3, 0.4) is 0 Å². The smallest absolute Gasteiger partial charge is 0.291 e. The van der Waals surface area contributed by atoms with Crippen LogP contribution in [-0.2, 0) is 0 Å². The van der Waals surface area contributed by atoms with Gasteiger partial charge in [0, 0.05) is 10.4 Å². The zero-order chi connectivity index (χ0) is 21.1. The van der Waals surface area contributed by atoms with E-state index < -0.39 is 0 Å². The van der Waals surface area contributed by atoms with Crippen LogP contribution in [0.4, 0.5) is 5.00 Å². The molecular weight excluding hydrogens is 396 g/mol. The van der Waals surface area contributed by atoms with Crippen molar-refractivity contribution in [1.29, 1.82) is 0 Å². The van der Waals surface area contributed by atoms with Gasteiger partial charge in [0.05, 0.1) is 32.0 Å². The van der Waals surface area contributed by atoms with Crippen molar-refractivity contribution in [3.8, 4) is 5.75 Å². The molecular formula is C24H29N2O3S+. The van der Waals surface area contributed by atoms with Gasteiger partial charge in [-0.2, -0.15) is 0 Å². The van der Waals surface area contributed by atoms with E-state index in [0.29, 0.717) is 5.76 Å². The summed E-state index contributed by atoms with van der Waals surface area (Å²) in [4.78, 5) is 15.5. The summed E-state index contributed by atoms with van der Waals surface area (Å²) in [6.45, 7) is 6.57. The van der Waals surface area contributed by atoms with E-state index in [2.05, 4.69) is 31.3 Å². The lowest BCUT2D eigenvalue weighted by molar-refractivity contribution is -0.930. The van der Waals surface area contributed by atoms with Gasteiger partial charge in [-0.1, -0.05) is 0 Å². The van der Waals surface area contributed by atoms with Crippen molar-refractivity contribution in [2.75, 3.05) is 25.5 Å². The Labute approximate surface area is 181 Å². The van der Waals surface area contributed by atoms with Crippen molar-refractivity contribution >= 4 is 22.2 Å². The summed E-state index contributed by atoms with van der Waals surface area (Å²) < 4.78 is 10.7. The normalized spacial score (nSPS) is 15.7. The fraction of sp³-hybridized carbons (Fsp3) is 0.375. The van der Waals surface area contributed by atoms with E-state index in [0.717, 1.165) is 23.8 Å². The van der Waals surface area contributed by atoms with Gasteiger partial charge in [-0.05, 0) is 75.1 Å². The van der Waals surface area contributed by atoms with Crippen molar-refractivity contribution in [3.05, 3.63) is 70.0 Å². The maximum Gasteiger partial charge on any atom is 0.291 e. The Morgan fingerprint density at radius 3 is 2.50 bits per heavy atom. The van der Waals surface area contributed by atoms with Crippen molar-refractivity contribution in [1.82, 2.24) is 0 Å². The van der Waals surface area contributed by atoms with Crippen molar-refractivity contribution < 1.29 is 18.8 Å². The predicted octanol–water partition coefficient (Wildman–Crippen LogP) is 4.38. The number of anilines is 1. The number of piperidine rings is 1. The highest BCUT2D eigenvalue weighted by atomic mass is 32.1. The van der Waals surface area contributed by atoms with Crippen LogP contribution in [0.15, 0.2) is 47.1 Å². The number of nitrogens with one attached hydrogen (secondary N) is 2. The number of thiophene rings is 1. The van der Waals surface area contributed by atoms with E-state index in [1.165, 1.54) is 47.1 Å². The lowest BCUT2D eigenvalue weighted by Crippen LogP contribution is -3.13. The topological polar surface area (TPSA) is 55.9 Å². The van der Waals surface area contributed by atoms with E-state index in [4.69, 9.17) is 9.15 Å². The minimum absolute atomic E-state index is 0.174. The molecule has 1 aliphatic rings. The zero-order valence-corrected chi connectivity index (χ0v) is 18.6. The van der Waals surface area contributed by atoms with Crippen molar-refractivity contribution in [2.45, 2.75) is 39.2 Å². The maximum atomic E-state index is 12.7. The van der Waals surface area contributed by atoms with Gasteiger partial charge in [0.25, 0.3) is 5.91 Å². The van der Waals surface area contributed by atoms with Crippen LogP contribution in [0.5, 0.6) is 5.75 Å². The van der Waals surface area contributed by atoms with Gasteiger partial charge in [0.1, 0.15) is 16.8 Å². The highest BCUT2D eigenvalue weighted by Crippen LogP contribution is 2.39. The number of methoxy groups -OCH3 is 1. The van der Waals surface area contributed by atoms with Crippen LogP contribution < -0.4 is 15.0 Å². The molecule has 0 aliphatic carbocycles. The molecule has 1 saturated heterocycles. The number of rotatable bonds is 6. The first kappa shape index (κ1) is 20.7. The number of carbonyl (C=O) groups excluding carboxylic acids is 1. The Morgan fingerprint density at radius 1 is 1.13 bits per heavy atom. The molecule has 2 aromatic heterocycles. The average molecular weight is 426 g/mol. The molecule has 1 aromatic carbocycles. The van der Waals surface area contributed by atoms with Gasteiger partial charge < -0.3 is 19.4 Å². The monoisotopic (exact) mass is 425 g/mol. The summed E-state index contributed by atoms with van der Waals surface area (Å²) in [5, 5.41) is 4.06. The van der Waals surface area contributed by atoms with Crippen LogP contribution in [0.1, 0.15) is 57.4 Å². The SMILES string of the molecule is COc1ccc(C(c2c(NC(=O)c3ccco3)sc(C)c2C)[NH+]2CCCCC2)cc1. The third kappa shape index (κ3) is 4.16. The van der Waals surface area contributed by atoms with Gasteiger partial charge in [-0.15, -0.1) is 11.3 Å². The number of carbonyl (C=O) groups is 1. The third-order valence-electron chi connectivity index (χ3n) is 6.05. The van der Waals surface area contributed by atoms with Gasteiger partial charge in [0.15, 0.2) is 5.76 Å². The Bertz CT molecular complexity index is 986. The number of amides is 1. The summed E-state index contributed by atoms with van der Waals surface area (Å²) >= 11 is 1.65. The van der Waals surface area contributed by atoms with Crippen LogP contribution in [-0.4, -0.2) is 26.1 Å². The van der Waals surface area contributed by atoms with Gasteiger partial charge in [-0.3, -0.25) is 4.79 Å². The van der Waals surface area contributed by atoms with Crippen LogP contribution >= 0.6 is 11.3 Å².